The van der Waals surface area contributed by atoms with Crippen LogP contribution in [0.15, 0.2) is 33.5 Å². The number of amides is 1. The average Bonchev–Trinajstić information content (AvgIpc) is 2.55. The van der Waals surface area contributed by atoms with E-state index >= 15 is 0 Å². The Morgan fingerprint density at radius 1 is 1.30 bits per heavy atom. The molecule has 1 aliphatic heterocycles. The van der Waals surface area contributed by atoms with Crippen LogP contribution in [0.4, 0.5) is 0 Å². The molecule has 0 radical (unpaired) electrons. The van der Waals surface area contributed by atoms with Crippen LogP contribution in [0.5, 0.6) is 0 Å². The van der Waals surface area contributed by atoms with E-state index < -0.39 is 23.4 Å². The van der Waals surface area contributed by atoms with E-state index in [2.05, 4.69) is 0 Å². The summed E-state index contributed by atoms with van der Waals surface area (Å²) in [6.45, 7) is 2.29. The number of carbonyl (C=O) groups excluding carboxylic acids is 1. The van der Waals surface area contributed by atoms with Gasteiger partial charge >= 0.3 is 11.6 Å². The van der Waals surface area contributed by atoms with Crippen LogP contribution in [0.1, 0.15) is 28.8 Å². The Balaban J connectivity index is 2.01. The van der Waals surface area contributed by atoms with E-state index in [1.807, 2.05) is 6.07 Å². The van der Waals surface area contributed by atoms with Gasteiger partial charge in [-0.2, -0.15) is 0 Å². The standard InChI is InChI=1S/C17H17NO5/c1-10-12-6-2-3-7-13(12)23-17(22)14(10)15(19)18-8-4-5-11(9-18)16(20)21/h2-3,6-7,11H,4-5,8-9H2,1H3,(H,20,21)/t11-/m1/s1. The third-order valence-electron chi connectivity index (χ3n) is 4.34. The Hall–Kier alpha value is -2.63. The van der Waals surface area contributed by atoms with Gasteiger partial charge in [-0.05, 0) is 31.4 Å². The molecule has 1 aromatic heterocycles. The van der Waals surface area contributed by atoms with E-state index in [4.69, 9.17) is 9.52 Å². The molecule has 6 heteroatoms. The molecular weight excluding hydrogens is 298 g/mol. The summed E-state index contributed by atoms with van der Waals surface area (Å²) in [5.41, 5.74) is 0.325. The predicted octanol–water partition coefficient (Wildman–Crippen LogP) is 2.04. The topological polar surface area (TPSA) is 87.8 Å². The quantitative estimate of drug-likeness (QED) is 0.857. The van der Waals surface area contributed by atoms with E-state index in [0.717, 1.165) is 0 Å². The van der Waals surface area contributed by atoms with Crippen molar-refractivity contribution in [2.24, 2.45) is 5.92 Å². The van der Waals surface area contributed by atoms with Crippen LogP contribution < -0.4 is 5.63 Å². The van der Waals surface area contributed by atoms with Crippen molar-refractivity contribution in [3.05, 3.63) is 45.8 Å². The molecule has 1 aliphatic rings. The first-order valence-electron chi connectivity index (χ1n) is 7.53. The second-order valence-electron chi connectivity index (χ2n) is 5.81. The molecule has 0 spiro atoms. The van der Waals surface area contributed by atoms with Gasteiger partial charge in [0.1, 0.15) is 11.1 Å². The molecule has 1 aromatic carbocycles. The van der Waals surface area contributed by atoms with Crippen molar-refractivity contribution in [1.82, 2.24) is 4.90 Å². The number of piperidine rings is 1. The molecule has 1 atom stereocenters. The second-order valence-corrected chi connectivity index (χ2v) is 5.81. The molecular formula is C17H17NO5. The van der Waals surface area contributed by atoms with Crippen LogP contribution >= 0.6 is 0 Å². The van der Waals surface area contributed by atoms with Crippen LogP contribution in [0.25, 0.3) is 11.0 Å². The van der Waals surface area contributed by atoms with E-state index in [1.54, 1.807) is 25.1 Å². The van der Waals surface area contributed by atoms with Gasteiger partial charge in [0.2, 0.25) is 0 Å². The van der Waals surface area contributed by atoms with Crippen molar-refractivity contribution in [2.45, 2.75) is 19.8 Å². The third-order valence-corrected chi connectivity index (χ3v) is 4.34. The summed E-state index contributed by atoms with van der Waals surface area (Å²) in [4.78, 5) is 37.5. The number of hydrogen-bond acceptors (Lipinski definition) is 4. The first kappa shape index (κ1) is 15.3. The van der Waals surface area contributed by atoms with Crippen molar-refractivity contribution in [3.63, 3.8) is 0 Å². The molecule has 1 fully saturated rings. The van der Waals surface area contributed by atoms with Gasteiger partial charge in [-0.15, -0.1) is 0 Å². The maximum atomic E-state index is 12.7. The van der Waals surface area contributed by atoms with Gasteiger partial charge in [0.15, 0.2) is 0 Å². The molecule has 0 bridgehead atoms. The summed E-state index contributed by atoms with van der Waals surface area (Å²) < 4.78 is 5.24. The number of likely N-dealkylation sites (tertiary alicyclic amines) is 1. The highest BCUT2D eigenvalue weighted by Crippen LogP contribution is 2.22. The Kier molecular flexibility index (Phi) is 3.90. The smallest absolute Gasteiger partial charge is 0.349 e. The number of carboxylic acid groups (broad SMARTS) is 1. The second kappa shape index (κ2) is 5.87. The number of carbonyl (C=O) groups is 2. The molecule has 6 nitrogen and oxygen atoms in total. The lowest BCUT2D eigenvalue weighted by Crippen LogP contribution is -2.43. The number of aliphatic carboxylic acids is 1. The van der Waals surface area contributed by atoms with E-state index in [1.165, 1.54) is 4.90 Å². The number of nitrogens with zero attached hydrogens (tertiary/aromatic N) is 1. The van der Waals surface area contributed by atoms with Crippen molar-refractivity contribution in [3.8, 4) is 0 Å². The molecule has 1 amide bonds. The van der Waals surface area contributed by atoms with Gasteiger partial charge in [-0.3, -0.25) is 9.59 Å². The highest BCUT2D eigenvalue weighted by molar-refractivity contribution is 5.99. The number of carboxylic acids is 1. The maximum absolute atomic E-state index is 12.7. The first-order chi connectivity index (χ1) is 11.0. The van der Waals surface area contributed by atoms with Crippen molar-refractivity contribution in [2.75, 3.05) is 13.1 Å². The van der Waals surface area contributed by atoms with Gasteiger partial charge in [0.25, 0.3) is 5.91 Å². The highest BCUT2D eigenvalue weighted by atomic mass is 16.4. The van der Waals surface area contributed by atoms with E-state index in [-0.39, 0.29) is 12.1 Å². The van der Waals surface area contributed by atoms with Gasteiger partial charge < -0.3 is 14.4 Å². The lowest BCUT2D eigenvalue weighted by Gasteiger charge is -2.30. The normalized spacial score (nSPS) is 18.1. The molecule has 0 aliphatic carbocycles. The first-order valence-corrected chi connectivity index (χ1v) is 7.53. The molecule has 1 N–H and O–H groups in total. The Labute approximate surface area is 132 Å². The van der Waals surface area contributed by atoms with Crippen LogP contribution in [-0.4, -0.2) is 35.0 Å². The summed E-state index contributed by atoms with van der Waals surface area (Å²) in [7, 11) is 0. The molecule has 23 heavy (non-hydrogen) atoms. The summed E-state index contributed by atoms with van der Waals surface area (Å²) in [6.07, 6.45) is 1.16. The number of fused-ring (bicyclic) bond motifs is 1. The van der Waals surface area contributed by atoms with Crippen molar-refractivity contribution in [1.29, 1.82) is 0 Å². The number of hydrogen-bond donors (Lipinski definition) is 1. The molecule has 1 saturated heterocycles. The summed E-state index contributed by atoms with van der Waals surface area (Å²) in [5, 5.41) is 9.85. The van der Waals surface area contributed by atoms with Crippen molar-refractivity contribution < 1.29 is 19.1 Å². The largest absolute Gasteiger partial charge is 0.481 e. The molecule has 0 saturated carbocycles. The average molecular weight is 315 g/mol. The summed E-state index contributed by atoms with van der Waals surface area (Å²) in [6, 6.07) is 7.04. The minimum atomic E-state index is -0.912. The SMILES string of the molecule is Cc1c(C(=O)N2CCC[C@@H](C(=O)O)C2)c(=O)oc2ccccc12. The third kappa shape index (κ3) is 2.72. The van der Waals surface area contributed by atoms with Gasteiger partial charge in [-0.1, -0.05) is 18.2 Å². The molecule has 120 valence electrons. The molecule has 0 unspecified atom stereocenters. The predicted molar refractivity (Wildman–Crippen MR) is 83.5 cm³/mol. The lowest BCUT2D eigenvalue weighted by atomic mass is 9.97. The van der Waals surface area contributed by atoms with Gasteiger partial charge in [0.05, 0.1) is 5.92 Å². The molecule has 2 aromatic rings. The van der Waals surface area contributed by atoms with Crippen LogP contribution in [0, 0.1) is 12.8 Å². The number of benzene rings is 1. The summed E-state index contributed by atoms with van der Waals surface area (Å²) >= 11 is 0. The minimum absolute atomic E-state index is 0.00487. The van der Waals surface area contributed by atoms with Crippen molar-refractivity contribution >= 4 is 22.8 Å². The number of para-hydroxylation sites is 1. The zero-order valence-electron chi connectivity index (χ0n) is 12.7. The number of aryl methyl sites for hydroxylation is 1. The highest BCUT2D eigenvalue weighted by Gasteiger charge is 2.31. The lowest BCUT2D eigenvalue weighted by molar-refractivity contribution is -0.143. The fourth-order valence-electron chi connectivity index (χ4n) is 3.07. The van der Waals surface area contributed by atoms with E-state index in [9.17, 15) is 14.4 Å². The minimum Gasteiger partial charge on any atom is -0.481 e. The molecule has 3 rings (SSSR count). The fraction of sp³-hybridized carbons (Fsp3) is 0.353. The summed E-state index contributed by atoms with van der Waals surface area (Å²) in [5.74, 6) is -1.95. The monoisotopic (exact) mass is 315 g/mol. The maximum Gasteiger partial charge on any atom is 0.349 e. The number of rotatable bonds is 2. The molecule has 2 heterocycles. The zero-order valence-corrected chi connectivity index (χ0v) is 12.7. The van der Waals surface area contributed by atoms with E-state index in [0.29, 0.717) is 35.9 Å². The van der Waals surface area contributed by atoms with Gasteiger partial charge in [0, 0.05) is 18.5 Å². The zero-order chi connectivity index (χ0) is 16.6. The van der Waals surface area contributed by atoms with Crippen LogP contribution in [-0.2, 0) is 4.79 Å². The van der Waals surface area contributed by atoms with Crippen LogP contribution in [0.3, 0.4) is 0 Å². The van der Waals surface area contributed by atoms with Gasteiger partial charge in [-0.25, -0.2) is 4.79 Å². The van der Waals surface area contributed by atoms with Crippen LogP contribution in [0.2, 0.25) is 0 Å². The Bertz CT molecular complexity index is 838. The fourth-order valence-corrected chi connectivity index (χ4v) is 3.07. The Morgan fingerprint density at radius 2 is 2.04 bits per heavy atom. The Morgan fingerprint density at radius 3 is 2.78 bits per heavy atom.